The van der Waals surface area contributed by atoms with E-state index in [1.165, 1.54) is 6.07 Å². The lowest BCUT2D eigenvalue weighted by atomic mass is 10.1. The maximum Gasteiger partial charge on any atom is 0.241 e. The number of ether oxygens (including phenoxy) is 1. The average Bonchev–Trinajstić information content (AvgIpc) is 2.69. The van der Waals surface area contributed by atoms with Crippen LogP contribution in [0.3, 0.4) is 0 Å². The van der Waals surface area contributed by atoms with E-state index in [1.54, 1.807) is 24.0 Å². The average molecular weight is 409 g/mol. The van der Waals surface area contributed by atoms with Crippen molar-refractivity contribution in [3.8, 4) is 0 Å². The Balaban J connectivity index is 1.64. The highest BCUT2D eigenvalue weighted by Gasteiger charge is 2.26. The molecule has 0 radical (unpaired) electrons. The van der Waals surface area contributed by atoms with Crippen LogP contribution in [0.5, 0.6) is 0 Å². The van der Waals surface area contributed by atoms with Crippen molar-refractivity contribution in [2.75, 3.05) is 26.2 Å². The molecule has 3 rings (SSSR count). The number of sulfonamides is 1. The summed E-state index contributed by atoms with van der Waals surface area (Å²) >= 11 is 5.90. The molecule has 0 spiro atoms. The van der Waals surface area contributed by atoms with Crippen LogP contribution in [0.4, 0.5) is 0 Å². The fourth-order valence-electron chi connectivity index (χ4n) is 2.95. The predicted molar refractivity (Wildman–Crippen MR) is 103 cm³/mol. The second-order valence-corrected chi connectivity index (χ2v) is 8.52. The van der Waals surface area contributed by atoms with Crippen LogP contribution >= 0.6 is 11.6 Å². The third kappa shape index (κ3) is 4.87. The first kappa shape index (κ1) is 19.8. The van der Waals surface area contributed by atoms with Crippen molar-refractivity contribution in [3.05, 3.63) is 64.7 Å². The third-order valence-corrected chi connectivity index (χ3v) is 6.22. The molecule has 8 heteroatoms. The molecule has 1 heterocycles. The summed E-state index contributed by atoms with van der Waals surface area (Å²) in [4.78, 5) is 14.2. The number of carbonyl (C=O) groups excluding carboxylic acids is 1. The molecule has 0 saturated carbocycles. The van der Waals surface area contributed by atoms with Crippen LogP contribution in [-0.2, 0) is 19.6 Å². The molecule has 0 aliphatic carbocycles. The van der Waals surface area contributed by atoms with Gasteiger partial charge in [0.2, 0.25) is 15.9 Å². The van der Waals surface area contributed by atoms with E-state index in [-0.39, 0.29) is 23.5 Å². The topological polar surface area (TPSA) is 75.7 Å². The molecule has 1 saturated heterocycles. The monoisotopic (exact) mass is 408 g/mol. The molecule has 6 nitrogen and oxygen atoms in total. The van der Waals surface area contributed by atoms with Crippen molar-refractivity contribution in [2.45, 2.75) is 17.9 Å². The number of nitrogens with zero attached hydrogens (tertiary/aromatic N) is 1. The lowest BCUT2D eigenvalue weighted by Crippen LogP contribution is -2.46. The van der Waals surface area contributed by atoms with Crippen LogP contribution in [0.15, 0.2) is 53.4 Å². The molecule has 0 aromatic heterocycles. The van der Waals surface area contributed by atoms with E-state index in [1.807, 2.05) is 30.3 Å². The number of morpholine rings is 1. The summed E-state index contributed by atoms with van der Waals surface area (Å²) in [5.41, 5.74) is 1.56. The Morgan fingerprint density at radius 3 is 2.74 bits per heavy atom. The maximum atomic E-state index is 12.5. The summed E-state index contributed by atoms with van der Waals surface area (Å²) in [5.74, 6) is -0.289. The zero-order valence-corrected chi connectivity index (χ0v) is 16.5. The number of carbonyl (C=O) groups is 1. The summed E-state index contributed by atoms with van der Waals surface area (Å²) in [5, 5.41) is 0.325. The molecular formula is C19H21ClN2O4S. The minimum absolute atomic E-state index is 0.0759. The van der Waals surface area contributed by atoms with Gasteiger partial charge in [-0.15, -0.1) is 0 Å². The fourth-order valence-corrected chi connectivity index (χ4v) is 4.43. The van der Waals surface area contributed by atoms with Crippen molar-refractivity contribution < 1.29 is 17.9 Å². The first-order chi connectivity index (χ1) is 12.9. The molecule has 1 atom stereocenters. The quantitative estimate of drug-likeness (QED) is 0.824. The van der Waals surface area contributed by atoms with E-state index in [0.717, 1.165) is 5.56 Å². The van der Waals surface area contributed by atoms with Crippen LogP contribution in [0, 0.1) is 6.92 Å². The minimum Gasteiger partial charge on any atom is -0.370 e. The van der Waals surface area contributed by atoms with Gasteiger partial charge in [-0.1, -0.05) is 48.0 Å². The SMILES string of the molecule is Cc1ccc(Cl)cc1S(=O)(=O)NCC(=O)N1CCO[C@@H](c2ccccc2)C1. The molecule has 0 bridgehead atoms. The molecule has 1 aliphatic rings. The lowest BCUT2D eigenvalue weighted by Gasteiger charge is -2.33. The zero-order valence-electron chi connectivity index (χ0n) is 14.9. The summed E-state index contributed by atoms with van der Waals surface area (Å²) in [6, 6.07) is 14.3. The molecular weight excluding hydrogens is 388 g/mol. The molecule has 1 amide bonds. The highest BCUT2D eigenvalue weighted by atomic mass is 35.5. The molecule has 144 valence electrons. The van der Waals surface area contributed by atoms with Crippen molar-refractivity contribution in [1.82, 2.24) is 9.62 Å². The van der Waals surface area contributed by atoms with Crippen LogP contribution in [-0.4, -0.2) is 45.5 Å². The second-order valence-electron chi connectivity index (χ2n) is 6.34. The molecule has 0 unspecified atom stereocenters. The number of benzene rings is 2. The molecule has 1 fully saturated rings. The van der Waals surface area contributed by atoms with Gasteiger partial charge in [-0.2, -0.15) is 0 Å². The number of amides is 1. The zero-order chi connectivity index (χ0) is 19.4. The van der Waals surface area contributed by atoms with Crippen LogP contribution in [0.2, 0.25) is 5.02 Å². The number of rotatable bonds is 5. The standard InChI is InChI=1S/C19H21ClN2O4S/c1-14-7-8-16(20)11-18(14)27(24,25)21-12-19(23)22-9-10-26-17(13-22)15-5-3-2-4-6-15/h2-8,11,17,21H,9-10,12-13H2,1H3/t17-/m1/s1. The summed E-state index contributed by atoms with van der Waals surface area (Å²) in [6.45, 7) is 2.60. The Kier molecular flexibility index (Phi) is 6.16. The van der Waals surface area contributed by atoms with Crippen molar-refractivity contribution in [3.63, 3.8) is 0 Å². The summed E-state index contributed by atoms with van der Waals surface area (Å²) < 4.78 is 33.1. The first-order valence-corrected chi connectivity index (χ1v) is 10.4. The normalized spacial score (nSPS) is 17.7. The largest absolute Gasteiger partial charge is 0.370 e. The second kappa shape index (κ2) is 8.39. The van der Waals surface area contributed by atoms with Gasteiger partial charge < -0.3 is 9.64 Å². The number of halogens is 1. The Bertz CT molecular complexity index is 919. The van der Waals surface area contributed by atoms with Crippen molar-refractivity contribution in [2.24, 2.45) is 0 Å². The predicted octanol–water partition coefficient (Wildman–Crippen LogP) is 2.53. The Labute approximate surface area is 164 Å². The molecule has 2 aromatic rings. The maximum absolute atomic E-state index is 12.5. The van der Waals surface area contributed by atoms with Crippen LogP contribution in [0.1, 0.15) is 17.2 Å². The summed E-state index contributed by atoms with van der Waals surface area (Å²) in [6.07, 6.45) is -0.212. The molecule has 1 aliphatic heterocycles. The number of nitrogens with one attached hydrogen (secondary N) is 1. The van der Waals surface area contributed by atoms with Gasteiger partial charge in [0.25, 0.3) is 0 Å². The lowest BCUT2D eigenvalue weighted by molar-refractivity contribution is -0.137. The number of hydrogen-bond donors (Lipinski definition) is 1. The van der Waals surface area contributed by atoms with Gasteiger partial charge in [0.15, 0.2) is 0 Å². The van der Waals surface area contributed by atoms with Gasteiger partial charge >= 0.3 is 0 Å². The van der Waals surface area contributed by atoms with Crippen molar-refractivity contribution >= 4 is 27.5 Å². The van der Waals surface area contributed by atoms with Gasteiger partial charge in [0, 0.05) is 11.6 Å². The van der Waals surface area contributed by atoms with Crippen molar-refractivity contribution in [1.29, 1.82) is 0 Å². The van der Waals surface area contributed by atoms with E-state index >= 15 is 0 Å². The van der Waals surface area contributed by atoms with E-state index < -0.39 is 10.0 Å². The Morgan fingerprint density at radius 2 is 2.00 bits per heavy atom. The first-order valence-electron chi connectivity index (χ1n) is 8.57. The minimum atomic E-state index is -3.83. The van der Waals surface area contributed by atoms with Gasteiger partial charge in [0.1, 0.15) is 6.10 Å². The van der Waals surface area contributed by atoms with Crippen LogP contribution < -0.4 is 4.72 Å². The van der Waals surface area contributed by atoms with Gasteiger partial charge in [0.05, 0.1) is 24.6 Å². The van der Waals surface area contributed by atoms with E-state index in [2.05, 4.69) is 4.72 Å². The van der Waals surface area contributed by atoms with Crippen LogP contribution in [0.25, 0.3) is 0 Å². The molecule has 1 N–H and O–H groups in total. The van der Waals surface area contributed by atoms with E-state index in [0.29, 0.717) is 30.3 Å². The third-order valence-electron chi connectivity index (χ3n) is 4.44. The highest BCUT2D eigenvalue weighted by Crippen LogP contribution is 2.22. The smallest absolute Gasteiger partial charge is 0.241 e. The Morgan fingerprint density at radius 1 is 1.26 bits per heavy atom. The number of hydrogen-bond acceptors (Lipinski definition) is 4. The Hall–Kier alpha value is -1.93. The van der Waals surface area contributed by atoms with Gasteiger partial charge in [-0.3, -0.25) is 4.79 Å². The molecule has 27 heavy (non-hydrogen) atoms. The van der Waals surface area contributed by atoms with Gasteiger partial charge in [-0.25, -0.2) is 13.1 Å². The molecule has 2 aromatic carbocycles. The fraction of sp³-hybridized carbons (Fsp3) is 0.316. The van der Waals surface area contributed by atoms with E-state index in [4.69, 9.17) is 16.3 Å². The number of aryl methyl sites for hydroxylation is 1. The summed E-state index contributed by atoms with van der Waals surface area (Å²) in [7, 11) is -3.83. The highest BCUT2D eigenvalue weighted by molar-refractivity contribution is 7.89. The van der Waals surface area contributed by atoms with Gasteiger partial charge in [-0.05, 0) is 30.2 Å². The van der Waals surface area contributed by atoms with E-state index in [9.17, 15) is 13.2 Å².